The van der Waals surface area contributed by atoms with Gasteiger partial charge in [-0.05, 0) is 41.5 Å². The summed E-state index contributed by atoms with van der Waals surface area (Å²) in [6.07, 6.45) is 0. The van der Waals surface area contributed by atoms with E-state index in [2.05, 4.69) is 0 Å². The van der Waals surface area contributed by atoms with Gasteiger partial charge < -0.3 is 0 Å². The van der Waals surface area contributed by atoms with E-state index in [-0.39, 0.29) is 11.1 Å². The highest BCUT2D eigenvalue weighted by Gasteiger charge is 2.13. The molecule has 3 nitrogen and oxygen atoms in total. The molecule has 0 saturated carbocycles. The van der Waals surface area contributed by atoms with Crippen LogP contribution < -0.4 is 11.1 Å². The lowest BCUT2D eigenvalue weighted by molar-refractivity contribution is 0.978. The van der Waals surface area contributed by atoms with Gasteiger partial charge in [0.25, 0.3) is 11.1 Å². The molecule has 0 aliphatic carbocycles. The van der Waals surface area contributed by atoms with Crippen LogP contribution in [0.4, 0.5) is 0 Å². The van der Waals surface area contributed by atoms with E-state index in [9.17, 15) is 9.59 Å². The van der Waals surface area contributed by atoms with Crippen LogP contribution in [0.3, 0.4) is 0 Å². The molecule has 0 spiro atoms. The molecule has 0 radical (unpaired) electrons. The first-order valence-corrected chi connectivity index (χ1v) is 7.39. The van der Waals surface area contributed by atoms with Crippen molar-refractivity contribution in [3.8, 4) is 16.8 Å². The van der Waals surface area contributed by atoms with Crippen molar-refractivity contribution in [2.24, 2.45) is 0 Å². The van der Waals surface area contributed by atoms with Gasteiger partial charge in [-0.15, -0.1) is 0 Å². The van der Waals surface area contributed by atoms with Crippen LogP contribution in [0.5, 0.6) is 0 Å². The summed E-state index contributed by atoms with van der Waals surface area (Å²) < 4.78 is 1.25. The molecule has 0 saturated heterocycles. The summed E-state index contributed by atoms with van der Waals surface area (Å²) >= 11 is 0. The van der Waals surface area contributed by atoms with Crippen LogP contribution in [0.25, 0.3) is 27.6 Å². The first-order valence-electron chi connectivity index (χ1n) is 7.39. The largest absolute Gasteiger partial charge is 0.268 e. The fourth-order valence-electron chi connectivity index (χ4n) is 2.87. The summed E-state index contributed by atoms with van der Waals surface area (Å²) in [5, 5.41) is 1.05. The van der Waals surface area contributed by atoms with Gasteiger partial charge in [-0.2, -0.15) is 0 Å². The minimum absolute atomic E-state index is 0.292. The molecule has 0 N–H and O–H groups in total. The highest BCUT2D eigenvalue weighted by Crippen LogP contribution is 2.24. The van der Waals surface area contributed by atoms with E-state index in [4.69, 9.17) is 0 Å². The number of aromatic nitrogens is 1. The smallest absolute Gasteiger partial charge is 0.265 e. The zero-order valence-electron chi connectivity index (χ0n) is 12.3. The molecule has 3 aromatic carbocycles. The number of rotatable bonds is 2. The van der Waals surface area contributed by atoms with E-state index < -0.39 is 0 Å². The standard InChI is InChI=1S/C20H13NO2/c22-19-15-11-12-17(18(13-15)14-7-3-1-4-8-14)20(23)21(19)16-9-5-2-6-10-16/h1-13H. The molecular weight excluding hydrogens is 286 g/mol. The number of hydrogen-bond donors (Lipinski definition) is 0. The fraction of sp³-hybridized carbons (Fsp3) is 0. The van der Waals surface area contributed by atoms with Crippen molar-refractivity contribution in [3.63, 3.8) is 0 Å². The lowest BCUT2D eigenvalue weighted by Gasteiger charge is -2.02. The Labute approximate surface area is 132 Å². The summed E-state index contributed by atoms with van der Waals surface area (Å²) in [6, 6.07) is 23.9. The molecule has 5 rings (SSSR count). The molecule has 2 aromatic heterocycles. The predicted molar refractivity (Wildman–Crippen MR) is 92.4 cm³/mol. The monoisotopic (exact) mass is 299 g/mol. The molecular formula is C20H13NO2. The molecule has 0 aliphatic heterocycles. The van der Waals surface area contributed by atoms with Crippen LogP contribution >= 0.6 is 0 Å². The Morgan fingerprint density at radius 1 is 0.652 bits per heavy atom. The van der Waals surface area contributed by atoms with Crippen molar-refractivity contribution >= 4 is 10.8 Å². The normalized spacial score (nSPS) is 11.0. The van der Waals surface area contributed by atoms with Gasteiger partial charge in [-0.1, -0.05) is 48.5 Å². The molecule has 2 heterocycles. The second-order valence-electron chi connectivity index (χ2n) is 5.41. The Morgan fingerprint density at radius 2 is 1.30 bits per heavy atom. The quantitative estimate of drug-likeness (QED) is 0.568. The Morgan fingerprint density at radius 3 is 2.00 bits per heavy atom. The van der Waals surface area contributed by atoms with Gasteiger partial charge in [-0.25, -0.2) is 4.57 Å². The van der Waals surface area contributed by atoms with Gasteiger partial charge in [0, 0.05) is 10.8 Å². The SMILES string of the molecule is O=c1c2ccc(c(-c3ccccc3)c2)c(=O)n1-c1ccccc1. The van der Waals surface area contributed by atoms with Gasteiger partial charge in [-0.3, -0.25) is 9.59 Å². The van der Waals surface area contributed by atoms with Crippen molar-refractivity contribution in [2.75, 3.05) is 0 Å². The van der Waals surface area contributed by atoms with Gasteiger partial charge in [0.05, 0.1) is 5.69 Å². The lowest BCUT2D eigenvalue weighted by Crippen LogP contribution is -2.27. The highest BCUT2D eigenvalue weighted by atomic mass is 16.2. The fourth-order valence-corrected chi connectivity index (χ4v) is 2.87. The number of fused-ring (bicyclic) bond motifs is 4. The Hall–Kier alpha value is -3.20. The van der Waals surface area contributed by atoms with Crippen molar-refractivity contribution in [1.82, 2.24) is 4.57 Å². The summed E-state index contributed by atoms with van der Waals surface area (Å²) in [5.41, 5.74) is 1.72. The zero-order valence-corrected chi connectivity index (χ0v) is 12.3. The van der Waals surface area contributed by atoms with Crippen LogP contribution in [-0.4, -0.2) is 4.57 Å². The molecule has 0 amide bonds. The highest BCUT2D eigenvalue weighted by molar-refractivity contribution is 5.87. The van der Waals surface area contributed by atoms with E-state index in [1.807, 2.05) is 48.5 Å². The van der Waals surface area contributed by atoms with E-state index in [0.717, 1.165) is 11.1 Å². The molecule has 5 aromatic rings. The molecule has 3 heteroatoms. The molecule has 0 aliphatic rings. The topological polar surface area (TPSA) is 39.1 Å². The van der Waals surface area contributed by atoms with Crippen molar-refractivity contribution in [3.05, 3.63) is 99.6 Å². The number of benzene rings is 3. The van der Waals surface area contributed by atoms with Crippen molar-refractivity contribution < 1.29 is 0 Å². The minimum atomic E-state index is -0.293. The summed E-state index contributed by atoms with van der Waals surface area (Å²) in [6.45, 7) is 0. The van der Waals surface area contributed by atoms with Gasteiger partial charge in [0.2, 0.25) is 0 Å². The third-order valence-corrected chi connectivity index (χ3v) is 4.00. The van der Waals surface area contributed by atoms with E-state index >= 15 is 0 Å². The second-order valence-corrected chi connectivity index (χ2v) is 5.41. The summed E-state index contributed by atoms with van der Waals surface area (Å²) in [7, 11) is 0. The van der Waals surface area contributed by atoms with Crippen molar-refractivity contribution in [2.45, 2.75) is 0 Å². The van der Waals surface area contributed by atoms with Crippen LogP contribution in [0, 0.1) is 0 Å². The molecule has 110 valence electrons. The number of hydrogen-bond acceptors (Lipinski definition) is 2. The molecule has 0 unspecified atom stereocenters. The molecule has 23 heavy (non-hydrogen) atoms. The minimum Gasteiger partial charge on any atom is -0.268 e. The van der Waals surface area contributed by atoms with Gasteiger partial charge in [0.1, 0.15) is 0 Å². The number of para-hydroxylation sites is 1. The third kappa shape index (κ3) is 2.14. The van der Waals surface area contributed by atoms with Crippen LogP contribution in [0.15, 0.2) is 88.5 Å². The van der Waals surface area contributed by atoms with Crippen LogP contribution in [-0.2, 0) is 0 Å². The van der Waals surface area contributed by atoms with E-state index in [1.165, 1.54) is 4.57 Å². The molecule has 0 atom stereocenters. The van der Waals surface area contributed by atoms with Gasteiger partial charge >= 0.3 is 0 Å². The van der Waals surface area contributed by atoms with E-state index in [0.29, 0.717) is 16.5 Å². The Kier molecular flexibility index (Phi) is 3.05. The Bertz CT molecular complexity index is 1080. The maximum atomic E-state index is 13.0. The first-order chi connectivity index (χ1) is 11.3. The average molecular weight is 299 g/mol. The molecule has 2 bridgehead atoms. The van der Waals surface area contributed by atoms with Crippen LogP contribution in [0.1, 0.15) is 0 Å². The van der Waals surface area contributed by atoms with Gasteiger partial charge in [0.15, 0.2) is 0 Å². The van der Waals surface area contributed by atoms with E-state index in [1.54, 1.807) is 30.3 Å². The lowest BCUT2D eigenvalue weighted by atomic mass is 10.0. The zero-order chi connectivity index (χ0) is 15.8. The second kappa shape index (κ2) is 5.21. The maximum absolute atomic E-state index is 13.0. The van der Waals surface area contributed by atoms with Crippen LogP contribution in [0.2, 0.25) is 0 Å². The first kappa shape index (κ1) is 13.5. The maximum Gasteiger partial charge on any atom is 0.265 e. The van der Waals surface area contributed by atoms with Crippen molar-refractivity contribution in [1.29, 1.82) is 0 Å². The predicted octanol–water partition coefficient (Wildman–Crippen LogP) is 3.46. The summed E-state index contributed by atoms with van der Waals surface area (Å²) in [5.74, 6) is 0. The average Bonchev–Trinajstić information content (AvgIpc) is 2.80. The number of nitrogens with zero attached hydrogens (tertiary/aromatic N) is 1. The third-order valence-electron chi connectivity index (χ3n) is 4.00. The molecule has 0 fully saturated rings. The summed E-state index contributed by atoms with van der Waals surface area (Å²) in [4.78, 5) is 25.7. The Balaban J connectivity index is 2.14.